The Hall–Kier alpha value is -0.610. The third-order valence-electron chi connectivity index (χ3n) is 2.10. The fourth-order valence-electron chi connectivity index (χ4n) is 1.39. The standard InChI is InChI=1S/C7H14N2O2/c8-7(5-6(10)11)1-3-9-4-2-7/h9H,1-5,8H2,(H,10,11)/p-1. The minimum atomic E-state index is -1.05. The van der Waals surface area contributed by atoms with Gasteiger partial charge < -0.3 is 21.0 Å². The molecule has 4 heteroatoms. The summed E-state index contributed by atoms with van der Waals surface area (Å²) >= 11 is 0. The van der Waals surface area contributed by atoms with Crippen molar-refractivity contribution in [2.75, 3.05) is 13.1 Å². The Balaban J connectivity index is 2.43. The Kier molecular flexibility index (Phi) is 2.46. The fraction of sp³-hybridized carbons (Fsp3) is 0.857. The van der Waals surface area contributed by atoms with Crippen molar-refractivity contribution in [3.05, 3.63) is 0 Å². The molecule has 1 fully saturated rings. The highest BCUT2D eigenvalue weighted by Gasteiger charge is 2.26. The van der Waals surface area contributed by atoms with Gasteiger partial charge in [-0.15, -0.1) is 0 Å². The number of piperidine rings is 1. The lowest BCUT2D eigenvalue weighted by Crippen LogP contribution is -2.51. The second kappa shape index (κ2) is 3.19. The van der Waals surface area contributed by atoms with E-state index in [1.165, 1.54) is 0 Å². The Morgan fingerprint density at radius 3 is 2.55 bits per heavy atom. The maximum absolute atomic E-state index is 10.3. The minimum Gasteiger partial charge on any atom is -0.550 e. The van der Waals surface area contributed by atoms with E-state index in [1.54, 1.807) is 0 Å². The molecule has 0 aromatic heterocycles. The number of nitrogens with two attached hydrogens (primary N) is 1. The van der Waals surface area contributed by atoms with Crippen LogP contribution in [0.1, 0.15) is 19.3 Å². The maximum Gasteiger partial charge on any atom is 0.0432 e. The first-order chi connectivity index (χ1) is 5.12. The average Bonchev–Trinajstić information content (AvgIpc) is 1.85. The summed E-state index contributed by atoms with van der Waals surface area (Å²) in [5.74, 6) is -1.05. The Morgan fingerprint density at radius 1 is 1.55 bits per heavy atom. The Morgan fingerprint density at radius 2 is 2.09 bits per heavy atom. The van der Waals surface area contributed by atoms with Gasteiger partial charge in [-0.1, -0.05) is 0 Å². The summed E-state index contributed by atoms with van der Waals surface area (Å²) in [6, 6.07) is 0. The molecule has 11 heavy (non-hydrogen) atoms. The van der Waals surface area contributed by atoms with E-state index in [0.29, 0.717) is 0 Å². The molecule has 0 amide bonds. The third-order valence-corrected chi connectivity index (χ3v) is 2.10. The number of nitrogens with one attached hydrogen (secondary N) is 1. The second-order valence-corrected chi connectivity index (χ2v) is 3.16. The van der Waals surface area contributed by atoms with Gasteiger partial charge in [0, 0.05) is 17.9 Å². The third kappa shape index (κ3) is 2.48. The van der Waals surface area contributed by atoms with E-state index in [9.17, 15) is 9.90 Å². The number of rotatable bonds is 2. The molecular weight excluding hydrogens is 144 g/mol. The van der Waals surface area contributed by atoms with Crippen LogP contribution in [-0.4, -0.2) is 24.6 Å². The molecule has 3 N–H and O–H groups in total. The van der Waals surface area contributed by atoms with Crippen LogP contribution in [0.3, 0.4) is 0 Å². The molecule has 0 aromatic rings. The van der Waals surface area contributed by atoms with Crippen molar-refractivity contribution >= 4 is 5.97 Å². The van der Waals surface area contributed by atoms with E-state index < -0.39 is 11.5 Å². The smallest absolute Gasteiger partial charge is 0.0432 e. The SMILES string of the molecule is NC1(CC(=O)[O-])CCNCC1. The van der Waals surface area contributed by atoms with Crippen molar-refractivity contribution in [1.82, 2.24) is 5.32 Å². The number of carboxylic acids is 1. The zero-order valence-electron chi connectivity index (χ0n) is 6.43. The minimum absolute atomic E-state index is 0.0192. The van der Waals surface area contributed by atoms with E-state index >= 15 is 0 Å². The molecule has 0 aliphatic carbocycles. The van der Waals surface area contributed by atoms with Crippen molar-refractivity contribution in [3.63, 3.8) is 0 Å². The molecule has 0 unspecified atom stereocenters. The second-order valence-electron chi connectivity index (χ2n) is 3.16. The van der Waals surface area contributed by atoms with Gasteiger partial charge in [-0.2, -0.15) is 0 Å². The molecule has 0 aromatic carbocycles. The lowest BCUT2D eigenvalue weighted by molar-refractivity contribution is -0.307. The van der Waals surface area contributed by atoms with Gasteiger partial charge in [0.05, 0.1) is 0 Å². The normalized spacial score (nSPS) is 23.0. The van der Waals surface area contributed by atoms with Crippen molar-refractivity contribution in [1.29, 1.82) is 0 Å². The van der Waals surface area contributed by atoms with Crippen molar-refractivity contribution in [2.45, 2.75) is 24.8 Å². The number of aliphatic carboxylic acids is 1. The lowest BCUT2D eigenvalue weighted by Gasteiger charge is -2.34. The summed E-state index contributed by atoms with van der Waals surface area (Å²) in [6.07, 6.45) is 1.43. The van der Waals surface area contributed by atoms with Gasteiger partial charge in [-0.3, -0.25) is 0 Å². The van der Waals surface area contributed by atoms with Crippen molar-refractivity contribution < 1.29 is 9.90 Å². The molecule has 4 nitrogen and oxygen atoms in total. The number of carboxylic acid groups (broad SMARTS) is 1. The summed E-state index contributed by atoms with van der Waals surface area (Å²) in [6.45, 7) is 1.62. The molecule has 0 bridgehead atoms. The molecule has 0 spiro atoms. The molecule has 1 heterocycles. The summed E-state index contributed by atoms with van der Waals surface area (Å²) in [5.41, 5.74) is 5.28. The molecule has 1 saturated heterocycles. The molecule has 64 valence electrons. The largest absolute Gasteiger partial charge is 0.550 e. The van der Waals surface area contributed by atoms with Crippen LogP contribution in [0.15, 0.2) is 0 Å². The summed E-state index contributed by atoms with van der Waals surface area (Å²) < 4.78 is 0. The number of carbonyl (C=O) groups excluding carboxylic acids is 1. The van der Waals surface area contributed by atoms with Crippen LogP contribution >= 0.6 is 0 Å². The van der Waals surface area contributed by atoms with Gasteiger partial charge in [0.2, 0.25) is 0 Å². The molecular formula is C7H13N2O2-. The van der Waals surface area contributed by atoms with Crippen LogP contribution in [0.5, 0.6) is 0 Å². The predicted molar refractivity (Wildman–Crippen MR) is 38.6 cm³/mol. The van der Waals surface area contributed by atoms with Crippen LogP contribution in [0.25, 0.3) is 0 Å². The first-order valence-corrected chi connectivity index (χ1v) is 3.82. The lowest BCUT2D eigenvalue weighted by atomic mass is 9.86. The van der Waals surface area contributed by atoms with Crippen LogP contribution in [0, 0.1) is 0 Å². The average molecular weight is 157 g/mol. The van der Waals surface area contributed by atoms with Crippen LogP contribution in [-0.2, 0) is 4.79 Å². The number of carbonyl (C=O) groups is 1. The van der Waals surface area contributed by atoms with E-state index in [1.807, 2.05) is 0 Å². The topological polar surface area (TPSA) is 78.2 Å². The molecule has 0 radical (unpaired) electrons. The van der Waals surface area contributed by atoms with E-state index in [4.69, 9.17) is 5.73 Å². The summed E-state index contributed by atoms with van der Waals surface area (Å²) in [5, 5.41) is 13.4. The fourth-order valence-corrected chi connectivity index (χ4v) is 1.39. The van der Waals surface area contributed by atoms with Crippen LogP contribution < -0.4 is 16.2 Å². The highest BCUT2D eigenvalue weighted by Crippen LogP contribution is 2.17. The van der Waals surface area contributed by atoms with Crippen molar-refractivity contribution in [3.8, 4) is 0 Å². The quantitative estimate of drug-likeness (QED) is 0.496. The molecule has 0 saturated carbocycles. The van der Waals surface area contributed by atoms with E-state index in [2.05, 4.69) is 5.32 Å². The van der Waals surface area contributed by atoms with Gasteiger partial charge in [0.1, 0.15) is 0 Å². The summed E-state index contributed by atoms with van der Waals surface area (Å²) in [7, 11) is 0. The van der Waals surface area contributed by atoms with Gasteiger partial charge in [0.25, 0.3) is 0 Å². The zero-order valence-corrected chi connectivity index (χ0v) is 6.43. The van der Waals surface area contributed by atoms with Crippen LogP contribution in [0.4, 0.5) is 0 Å². The first kappa shape index (κ1) is 8.49. The van der Waals surface area contributed by atoms with Gasteiger partial charge in [-0.25, -0.2) is 0 Å². The molecule has 1 aliphatic rings. The highest BCUT2D eigenvalue weighted by molar-refractivity contribution is 5.66. The first-order valence-electron chi connectivity index (χ1n) is 3.82. The van der Waals surface area contributed by atoms with Crippen molar-refractivity contribution in [2.24, 2.45) is 5.73 Å². The van der Waals surface area contributed by atoms with E-state index in [-0.39, 0.29) is 6.42 Å². The van der Waals surface area contributed by atoms with Gasteiger partial charge >= 0.3 is 0 Å². The maximum atomic E-state index is 10.3. The van der Waals surface area contributed by atoms with Gasteiger partial charge in [0.15, 0.2) is 0 Å². The molecule has 1 aliphatic heterocycles. The molecule has 0 atom stereocenters. The van der Waals surface area contributed by atoms with Gasteiger partial charge in [-0.05, 0) is 25.9 Å². The Bertz CT molecular complexity index is 153. The monoisotopic (exact) mass is 157 g/mol. The molecule has 1 rings (SSSR count). The predicted octanol–water partition coefficient (Wildman–Crippen LogP) is -1.79. The highest BCUT2D eigenvalue weighted by atomic mass is 16.4. The number of hydrogen-bond acceptors (Lipinski definition) is 4. The summed E-state index contributed by atoms with van der Waals surface area (Å²) in [4.78, 5) is 10.3. The van der Waals surface area contributed by atoms with E-state index in [0.717, 1.165) is 25.9 Å². The van der Waals surface area contributed by atoms with Crippen LogP contribution in [0.2, 0.25) is 0 Å². The number of hydrogen-bond donors (Lipinski definition) is 2. The Labute approximate surface area is 65.8 Å². The zero-order chi connectivity index (χ0) is 8.32.